The molecule has 0 amide bonds. The predicted octanol–water partition coefficient (Wildman–Crippen LogP) is 2.22. The number of rotatable bonds is 5. The highest BCUT2D eigenvalue weighted by molar-refractivity contribution is 5.76. The zero-order valence-corrected chi connectivity index (χ0v) is 8.76. The maximum absolute atomic E-state index is 10.8. The first-order valence-corrected chi connectivity index (χ1v) is 4.43. The van der Waals surface area contributed by atoms with E-state index in [-0.39, 0.29) is 0 Å². The Labute approximate surface area is 79.4 Å². The molecule has 3 heteroatoms. The van der Waals surface area contributed by atoms with Crippen LogP contribution in [-0.4, -0.2) is 23.3 Å². The maximum atomic E-state index is 10.8. The van der Waals surface area contributed by atoms with Crippen LogP contribution in [0.1, 0.15) is 34.1 Å². The van der Waals surface area contributed by atoms with Crippen molar-refractivity contribution in [2.24, 2.45) is 0 Å². The molecule has 0 rings (SSSR count). The molecule has 0 spiro atoms. The smallest absolute Gasteiger partial charge is 0.335 e. The van der Waals surface area contributed by atoms with Gasteiger partial charge in [-0.15, -0.1) is 0 Å². The number of carboxylic acid groups (broad SMARTS) is 1. The number of allylic oxidation sites excluding steroid dienone is 1. The minimum atomic E-state index is -1.05. The molecule has 76 valence electrons. The molecule has 0 aromatic carbocycles. The monoisotopic (exact) mass is 186 g/mol. The second kappa shape index (κ2) is 5.02. The van der Waals surface area contributed by atoms with Crippen LogP contribution < -0.4 is 0 Å². The van der Waals surface area contributed by atoms with Crippen molar-refractivity contribution in [2.75, 3.05) is 6.61 Å². The third kappa shape index (κ3) is 4.08. The number of ether oxygens (including phenoxy) is 1. The molecule has 0 aliphatic heterocycles. The summed E-state index contributed by atoms with van der Waals surface area (Å²) >= 11 is 0. The van der Waals surface area contributed by atoms with E-state index in [9.17, 15) is 4.79 Å². The molecular weight excluding hydrogens is 168 g/mol. The van der Waals surface area contributed by atoms with Crippen molar-refractivity contribution in [1.29, 1.82) is 0 Å². The van der Waals surface area contributed by atoms with Crippen LogP contribution in [0.5, 0.6) is 0 Å². The average molecular weight is 186 g/mol. The van der Waals surface area contributed by atoms with Crippen molar-refractivity contribution in [1.82, 2.24) is 0 Å². The average Bonchev–Trinajstić information content (AvgIpc) is 2.03. The van der Waals surface area contributed by atoms with Crippen molar-refractivity contribution < 1.29 is 14.6 Å². The predicted molar refractivity (Wildman–Crippen MR) is 51.7 cm³/mol. The Morgan fingerprint density at radius 3 is 2.38 bits per heavy atom. The van der Waals surface area contributed by atoms with Gasteiger partial charge in [-0.2, -0.15) is 0 Å². The standard InChI is InChI=1S/C10H18O3/c1-5-10(4,9(11)12)13-7-6-8(2)3/h6H,5,7H2,1-4H3,(H,11,12)/t10-/m0/s1. The zero-order chi connectivity index (χ0) is 10.5. The number of aliphatic carboxylic acids is 1. The molecule has 0 unspecified atom stereocenters. The summed E-state index contributed by atoms with van der Waals surface area (Å²) in [5.74, 6) is -0.905. The summed E-state index contributed by atoms with van der Waals surface area (Å²) in [4.78, 5) is 10.8. The number of hydrogen-bond donors (Lipinski definition) is 1. The zero-order valence-electron chi connectivity index (χ0n) is 8.76. The highest BCUT2D eigenvalue weighted by atomic mass is 16.5. The van der Waals surface area contributed by atoms with Crippen LogP contribution in [0.25, 0.3) is 0 Å². The van der Waals surface area contributed by atoms with E-state index in [1.54, 1.807) is 13.8 Å². The van der Waals surface area contributed by atoms with E-state index in [2.05, 4.69) is 0 Å². The second-order valence-corrected chi connectivity index (χ2v) is 3.48. The molecule has 0 fully saturated rings. The molecule has 0 aromatic heterocycles. The molecule has 1 N–H and O–H groups in total. The van der Waals surface area contributed by atoms with Gasteiger partial charge in [0.1, 0.15) is 0 Å². The van der Waals surface area contributed by atoms with Crippen molar-refractivity contribution in [2.45, 2.75) is 39.7 Å². The molecule has 0 bridgehead atoms. The fourth-order valence-electron chi connectivity index (χ4n) is 0.707. The Bertz CT molecular complexity index is 204. The third-order valence-electron chi connectivity index (χ3n) is 2.02. The molecule has 0 aromatic rings. The minimum Gasteiger partial charge on any atom is -0.479 e. The van der Waals surface area contributed by atoms with E-state index in [0.29, 0.717) is 13.0 Å². The van der Waals surface area contributed by atoms with Crippen molar-refractivity contribution in [3.05, 3.63) is 11.6 Å². The van der Waals surface area contributed by atoms with Gasteiger partial charge in [0, 0.05) is 0 Å². The Balaban J connectivity index is 4.14. The molecule has 3 nitrogen and oxygen atoms in total. The highest BCUT2D eigenvalue weighted by Gasteiger charge is 2.31. The molecule has 13 heavy (non-hydrogen) atoms. The van der Waals surface area contributed by atoms with E-state index in [0.717, 1.165) is 5.57 Å². The lowest BCUT2D eigenvalue weighted by Gasteiger charge is -2.22. The van der Waals surface area contributed by atoms with Gasteiger partial charge in [0.2, 0.25) is 0 Å². The summed E-state index contributed by atoms with van der Waals surface area (Å²) in [5.41, 5.74) is 0.0789. The first-order valence-electron chi connectivity index (χ1n) is 4.43. The van der Waals surface area contributed by atoms with E-state index in [4.69, 9.17) is 9.84 Å². The SMILES string of the molecule is CC[C@](C)(OCC=C(C)C)C(=O)O. The van der Waals surface area contributed by atoms with Crippen LogP contribution in [0, 0.1) is 0 Å². The van der Waals surface area contributed by atoms with Crippen LogP contribution in [0.15, 0.2) is 11.6 Å². The summed E-state index contributed by atoms with van der Waals surface area (Å²) in [6.07, 6.45) is 2.34. The Kier molecular flexibility index (Phi) is 4.70. The molecule has 0 aliphatic carbocycles. The first-order chi connectivity index (χ1) is 5.92. The van der Waals surface area contributed by atoms with Gasteiger partial charge >= 0.3 is 5.97 Å². The molecule has 0 saturated carbocycles. The van der Waals surface area contributed by atoms with Gasteiger partial charge in [-0.3, -0.25) is 0 Å². The van der Waals surface area contributed by atoms with E-state index < -0.39 is 11.6 Å². The summed E-state index contributed by atoms with van der Waals surface area (Å²) in [5, 5.41) is 8.85. The van der Waals surface area contributed by atoms with Gasteiger partial charge < -0.3 is 9.84 Å². The van der Waals surface area contributed by atoms with E-state index in [1.165, 1.54) is 0 Å². The third-order valence-corrected chi connectivity index (χ3v) is 2.02. The fourth-order valence-corrected chi connectivity index (χ4v) is 0.707. The van der Waals surface area contributed by atoms with Gasteiger partial charge in [-0.25, -0.2) is 4.79 Å². The molecule has 0 heterocycles. The largest absolute Gasteiger partial charge is 0.479 e. The van der Waals surface area contributed by atoms with Gasteiger partial charge in [-0.05, 0) is 27.2 Å². The molecular formula is C10H18O3. The fraction of sp³-hybridized carbons (Fsp3) is 0.700. The second-order valence-electron chi connectivity index (χ2n) is 3.48. The molecule has 0 radical (unpaired) electrons. The van der Waals surface area contributed by atoms with Crippen LogP contribution >= 0.6 is 0 Å². The highest BCUT2D eigenvalue weighted by Crippen LogP contribution is 2.15. The topological polar surface area (TPSA) is 46.5 Å². The van der Waals surface area contributed by atoms with Gasteiger partial charge in [0.25, 0.3) is 0 Å². The van der Waals surface area contributed by atoms with Gasteiger partial charge in [0.05, 0.1) is 6.61 Å². The lowest BCUT2D eigenvalue weighted by molar-refractivity contribution is -0.162. The van der Waals surface area contributed by atoms with Crippen LogP contribution in [-0.2, 0) is 9.53 Å². The van der Waals surface area contributed by atoms with E-state index in [1.807, 2.05) is 19.9 Å². The molecule has 0 aliphatic rings. The minimum absolute atomic E-state index is 0.360. The summed E-state index contributed by atoms with van der Waals surface area (Å²) < 4.78 is 5.28. The van der Waals surface area contributed by atoms with Crippen molar-refractivity contribution in [3.63, 3.8) is 0 Å². The normalized spacial score (nSPS) is 14.8. The lowest BCUT2D eigenvalue weighted by atomic mass is 10.0. The number of carboxylic acids is 1. The van der Waals surface area contributed by atoms with Crippen LogP contribution in [0.4, 0.5) is 0 Å². The molecule has 1 atom stereocenters. The van der Waals surface area contributed by atoms with Gasteiger partial charge in [0.15, 0.2) is 5.60 Å². The van der Waals surface area contributed by atoms with E-state index >= 15 is 0 Å². The Morgan fingerprint density at radius 2 is 2.08 bits per heavy atom. The lowest BCUT2D eigenvalue weighted by Crippen LogP contribution is -2.37. The Morgan fingerprint density at radius 1 is 1.54 bits per heavy atom. The summed E-state index contributed by atoms with van der Waals surface area (Å²) in [6, 6.07) is 0. The summed E-state index contributed by atoms with van der Waals surface area (Å²) in [6.45, 7) is 7.66. The summed E-state index contributed by atoms with van der Waals surface area (Å²) in [7, 11) is 0. The van der Waals surface area contributed by atoms with Crippen molar-refractivity contribution >= 4 is 5.97 Å². The quantitative estimate of drug-likeness (QED) is 0.670. The van der Waals surface area contributed by atoms with Gasteiger partial charge in [-0.1, -0.05) is 18.6 Å². The maximum Gasteiger partial charge on any atom is 0.335 e. The Hall–Kier alpha value is -0.830. The number of hydrogen-bond acceptors (Lipinski definition) is 2. The number of carbonyl (C=O) groups is 1. The van der Waals surface area contributed by atoms with Crippen LogP contribution in [0.2, 0.25) is 0 Å². The van der Waals surface area contributed by atoms with Crippen LogP contribution in [0.3, 0.4) is 0 Å². The first kappa shape index (κ1) is 12.2. The molecule has 0 saturated heterocycles. The van der Waals surface area contributed by atoms with Crippen molar-refractivity contribution in [3.8, 4) is 0 Å².